The van der Waals surface area contributed by atoms with Gasteiger partial charge in [-0.3, -0.25) is 9.59 Å². The molecule has 2 aromatic carbocycles. The topological polar surface area (TPSA) is 54.4 Å². The molecule has 0 saturated heterocycles. The van der Waals surface area contributed by atoms with Gasteiger partial charge in [0.25, 0.3) is 0 Å². The monoisotopic (exact) mass is 348 g/mol. The quantitative estimate of drug-likeness (QED) is 0.585. The number of aliphatic hydroxyl groups is 1. The zero-order valence-electron chi connectivity index (χ0n) is 15.9. The third-order valence-corrected chi connectivity index (χ3v) is 5.19. The van der Waals surface area contributed by atoms with Crippen molar-refractivity contribution in [2.24, 2.45) is 5.41 Å². The maximum Gasteiger partial charge on any atom is 0.234 e. The molecule has 1 aliphatic carbocycles. The lowest BCUT2D eigenvalue weighted by Gasteiger charge is -2.28. The van der Waals surface area contributed by atoms with Gasteiger partial charge in [-0.2, -0.15) is 0 Å². The van der Waals surface area contributed by atoms with E-state index < -0.39 is 17.0 Å². The van der Waals surface area contributed by atoms with Gasteiger partial charge in [-0.25, -0.2) is 0 Å². The molecule has 0 aromatic heterocycles. The minimum atomic E-state index is -0.795. The van der Waals surface area contributed by atoms with E-state index in [9.17, 15) is 14.7 Å². The Bertz CT molecular complexity index is 998. The number of rotatable bonds is 2. The summed E-state index contributed by atoms with van der Waals surface area (Å²) < 4.78 is 0. The van der Waals surface area contributed by atoms with E-state index in [2.05, 4.69) is 27.4 Å². The molecule has 0 radical (unpaired) electrons. The van der Waals surface area contributed by atoms with E-state index in [1.165, 1.54) is 0 Å². The van der Waals surface area contributed by atoms with Crippen LogP contribution in [0.4, 0.5) is 0 Å². The van der Waals surface area contributed by atoms with Gasteiger partial charge < -0.3 is 5.11 Å². The van der Waals surface area contributed by atoms with Crippen molar-refractivity contribution >= 4 is 28.1 Å². The Morgan fingerprint density at radius 3 is 2.15 bits per heavy atom. The molecule has 134 valence electrons. The zero-order chi connectivity index (χ0) is 19.4. The third-order valence-electron chi connectivity index (χ3n) is 5.19. The number of Topliss-reactive ketones (excluding diaryl/α,β-unsaturated/α-hetero) is 2. The van der Waals surface area contributed by atoms with Gasteiger partial charge in [0.05, 0.1) is 5.57 Å². The fourth-order valence-corrected chi connectivity index (χ4v) is 3.40. The molecule has 0 bridgehead atoms. The third kappa shape index (κ3) is 2.59. The molecule has 0 amide bonds. The van der Waals surface area contributed by atoms with Crippen molar-refractivity contribution in [2.75, 3.05) is 0 Å². The highest BCUT2D eigenvalue weighted by atomic mass is 16.3. The number of aliphatic hydroxyl groups excluding tert-OH is 1. The summed E-state index contributed by atoms with van der Waals surface area (Å²) in [7, 11) is 0. The number of carbonyl (C=O) groups excluding carboxylic acids is 2. The Balaban J connectivity index is 2.40. The van der Waals surface area contributed by atoms with Crippen LogP contribution in [0, 0.1) is 5.41 Å². The first kappa shape index (κ1) is 18.1. The summed E-state index contributed by atoms with van der Waals surface area (Å²) in [4.78, 5) is 25.8. The number of carbonyl (C=O) groups is 2. The van der Waals surface area contributed by atoms with Crippen LogP contribution in [-0.2, 0) is 10.2 Å². The van der Waals surface area contributed by atoms with Gasteiger partial charge in [0, 0.05) is 16.5 Å². The van der Waals surface area contributed by atoms with Gasteiger partial charge >= 0.3 is 0 Å². The molecular formula is C23H24O3. The molecule has 0 heterocycles. The molecule has 0 aliphatic heterocycles. The Morgan fingerprint density at radius 2 is 1.58 bits per heavy atom. The number of benzene rings is 2. The highest BCUT2D eigenvalue weighted by Gasteiger charge is 2.40. The lowest BCUT2D eigenvalue weighted by atomic mass is 9.74. The highest BCUT2D eigenvalue weighted by Crippen LogP contribution is 2.41. The summed E-state index contributed by atoms with van der Waals surface area (Å²) >= 11 is 0. The maximum atomic E-state index is 13.0. The molecule has 0 fully saturated rings. The van der Waals surface area contributed by atoms with E-state index >= 15 is 0 Å². The molecule has 3 rings (SSSR count). The Labute approximate surface area is 154 Å². The average molecular weight is 348 g/mol. The van der Waals surface area contributed by atoms with Crippen LogP contribution in [0.5, 0.6) is 0 Å². The van der Waals surface area contributed by atoms with E-state index in [0.717, 1.165) is 10.9 Å². The van der Waals surface area contributed by atoms with E-state index in [-0.39, 0.29) is 16.7 Å². The number of fused-ring (bicyclic) bond motifs is 3. The van der Waals surface area contributed by atoms with Gasteiger partial charge in [0.1, 0.15) is 5.76 Å². The Hall–Kier alpha value is -2.68. The van der Waals surface area contributed by atoms with Crippen molar-refractivity contribution in [2.45, 2.75) is 40.0 Å². The van der Waals surface area contributed by atoms with Crippen LogP contribution in [0.2, 0.25) is 0 Å². The summed E-state index contributed by atoms with van der Waals surface area (Å²) in [5.74, 6) is -1.36. The fourth-order valence-electron chi connectivity index (χ4n) is 3.40. The normalized spacial score (nSPS) is 15.4. The second-order valence-electron chi connectivity index (χ2n) is 8.48. The molecule has 0 unspecified atom stereocenters. The molecule has 1 N–H and O–H groups in total. The second-order valence-corrected chi connectivity index (χ2v) is 8.48. The van der Waals surface area contributed by atoms with Crippen LogP contribution in [0.25, 0.3) is 16.5 Å². The van der Waals surface area contributed by atoms with Crippen molar-refractivity contribution in [3.05, 3.63) is 65.3 Å². The molecule has 3 nitrogen and oxygen atoms in total. The van der Waals surface area contributed by atoms with Crippen molar-refractivity contribution in [1.82, 2.24) is 0 Å². The second kappa shape index (κ2) is 5.66. The lowest BCUT2D eigenvalue weighted by Crippen LogP contribution is -2.31. The summed E-state index contributed by atoms with van der Waals surface area (Å²) in [6, 6.07) is 9.53. The molecule has 0 atom stereocenters. The van der Waals surface area contributed by atoms with Gasteiger partial charge in [-0.05, 0) is 33.9 Å². The average Bonchev–Trinajstić information content (AvgIpc) is 2.57. The molecule has 0 saturated carbocycles. The molecule has 2 aromatic rings. The predicted molar refractivity (Wildman–Crippen MR) is 106 cm³/mol. The van der Waals surface area contributed by atoms with Gasteiger partial charge in [0.2, 0.25) is 11.6 Å². The molecular weight excluding hydrogens is 324 g/mol. The Kier molecular flexibility index (Phi) is 3.95. The molecule has 1 aliphatic rings. The van der Waals surface area contributed by atoms with Crippen LogP contribution >= 0.6 is 0 Å². The van der Waals surface area contributed by atoms with E-state index in [0.29, 0.717) is 16.5 Å². The van der Waals surface area contributed by atoms with Crippen LogP contribution < -0.4 is 0 Å². The van der Waals surface area contributed by atoms with E-state index in [1.54, 1.807) is 26.0 Å². The standard InChI is InChI=1S/C23H24O3/c1-7-23(5,6)18-19(24)15-11-9-13-8-10-14(22(2,3)4)12-16(13)17(15)20(25)21(18)26/h7-12,24H,1H2,2-6H3. The first-order valence-electron chi connectivity index (χ1n) is 8.73. The van der Waals surface area contributed by atoms with Crippen LogP contribution in [-0.4, -0.2) is 16.7 Å². The van der Waals surface area contributed by atoms with Crippen LogP contribution in [0.3, 0.4) is 0 Å². The number of allylic oxidation sites excluding steroid dienone is 2. The smallest absolute Gasteiger partial charge is 0.234 e. The van der Waals surface area contributed by atoms with Gasteiger partial charge in [-0.1, -0.05) is 58.9 Å². The number of hydrogen-bond acceptors (Lipinski definition) is 3. The zero-order valence-corrected chi connectivity index (χ0v) is 15.9. The van der Waals surface area contributed by atoms with Crippen LogP contribution in [0.1, 0.15) is 56.1 Å². The van der Waals surface area contributed by atoms with Crippen LogP contribution in [0.15, 0.2) is 48.6 Å². The SMILES string of the molecule is C=CC(C)(C)C1=C(O)c2ccc3ccc(C(C)(C)C)cc3c2C(=O)C1=O. The molecule has 0 spiro atoms. The van der Waals surface area contributed by atoms with Gasteiger partial charge in [0.15, 0.2) is 0 Å². The fraction of sp³-hybridized carbons (Fsp3) is 0.304. The minimum absolute atomic E-state index is 0.0908. The molecule has 26 heavy (non-hydrogen) atoms. The molecule has 3 heteroatoms. The predicted octanol–water partition coefficient (Wildman–Crippen LogP) is 5.38. The largest absolute Gasteiger partial charge is 0.507 e. The Morgan fingerprint density at radius 1 is 0.962 bits per heavy atom. The minimum Gasteiger partial charge on any atom is -0.507 e. The van der Waals surface area contributed by atoms with E-state index in [1.807, 2.05) is 24.3 Å². The first-order chi connectivity index (χ1) is 12.0. The summed E-state index contributed by atoms with van der Waals surface area (Å²) in [6.07, 6.45) is 1.58. The number of ketones is 2. The van der Waals surface area contributed by atoms with Gasteiger partial charge in [-0.15, -0.1) is 6.58 Å². The summed E-state index contributed by atoms with van der Waals surface area (Å²) in [5.41, 5.74) is 0.997. The van der Waals surface area contributed by atoms with Crippen molar-refractivity contribution in [1.29, 1.82) is 0 Å². The summed E-state index contributed by atoms with van der Waals surface area (Å²) in [6.45, 7) is 13.6. The maximum absolute atomic E-state index is 13.0. The van der Waals surface area contributed by atoms with Crippen molar-refractivity contribution in [3.63, 3.8) is 0 Å². The lowest BCUT2D eigenvalue weighted by molar-refractivity contribution is -0.112. The number of hydrogen-bond donors (Lipinski definition) is 1. The van der Waals surface area contributed by atoms with Crippen molar-refractivity contribution < 1.29 is 14.7 Å². The highest BCUT2D eigenvalue weighted by molar-refractivity contribution is 6.54. The van der Waals surface area contributed by atoms with E-state index in [4.69, 9.17) is 0 Å². The summed E-state index contributed by atoms with van der Waals surface area (Å²) in [5, 5.41) is 12.4. The van der Waals surface area contributed by atoms with Crippen molar-refractivity contribution in [3.8, 4) is 0 Å². The first-order valence-corrected chi connectivity index (χ1v) is 8.73.